The molecule has 0 bridgehead atoms. The smallest absolute Gasteiger partial charge is 0.257 e. The van der Waals surface area contributed by atoms with Gasteiger partial charge in [0.25, 0.3) is 5.91 Å². The molecule has 1 aromatic rings. The van der Waals surface area contributed by atoms with Gasteiger partial charge in [-0.2, -0.15) is 0 Å². The Hall–Kier alpha value is -1.42. The van der Waals surface area contributed by atoms with Crippen molar-refractivity contribution >= 4 is 5.91 Å². The zero-order valence-electron chi connectivity index (χ0n) is 11.6. The van der Waals surface area contributed by atoms with Crippen LogP contribution in [-0.4, -0.2) is 36.1 Å². The number of carbonyl (C=O) groups excluding carboxylic acids is 1. The van der Waals surface area contributed by atoms with Crippen molar-refractivity contribution in [3.8, 4) is 0 Å². The Balaban J connectivity index is 2.28. The largest absolute Gasteiger partial charge is 0.375 e. The molecule has 0 aliphatic carbocycles. The van der Waals surface area contributed by atoms with Crippen LogP contribution in [0.5, 0.6) is 0 Å². The molecule has 0 aromatic heterocycles. The highest BCUT2D eigenvalue weighted by Crippen LogP contribution is 2.20. The highest BCUT2D eigenvalue weighted by molar-refractivity contribution is 5.95. The van der Waals surface area contributed by atoms with Crippen LogP contribution >= 0.6 is 0 Å². The first-order chi connectivity index (χ1) is 9.04. The first kappa shape index (κ1) is 14.0. The van der Waals surface area contributed by atoms with E-state index < -0.39 is 5.82 Å². The van der Waals surface area contributed by atoms with Crippen LogP contribution in [0, 0.1) is 12.7 Å². The molecule has 3 nitrogen and oxygen atoms in total. The molecule has 0 saturated carbocycles. The highest BCUT2D eigenvalue weighted by atomic mass is 19.1. The minimum Gasteiger partial charge on any atom is -0.375 e. The minimum atomic E-state index is -0.415. The summed E-state index contributed by atoms with van der Waals surface area (Å²) in [5, 5.41) is 0. The summed E-state index contributed by atoms with van der Waals surface area (Å²) in [5.74, 6) is -0.648. The monoisotopic (exact) mass is 265 g/mol. The number of carbonyl (C=O) groups is 1. The van der Waals surface area contributed by atoms with Crippen LogP contribution in [-0.2, 0) is 4.74 Å². The van der Waals surface area contributed by atoms with Gasteiger partial charge in [0, 0.05) is 6.54 Å². The molecule has 2 atom stereocenters. The van der Waals surface area contributed by atoms with Gasteiger partial charge in [0.15, 0.2) is 0 Å². The molecule has 2 rings (SSSR count). The fourth-order valence-electron chi connectivity index (χ4n) is 2.40. The summed E-state index contributed by atoms with van der Waals surface area (Å²) < 4.78 is 19.6. The van der Waals surface area contributed by atoms with Crippen LogP contribution in [0.3, 0.4) is 0 Å². The van der Waals surface area contributed by atoms with E-state index in [0.717, 1.165) is 6.42 Å². The summed E-state index contributed by atoms with van der Waals surface area (Å²) in [6.07, 6.45) is 0.811. The number of rotatable bonds is 2. The molecule has 104 valence electrons. The Morgan fingerprint density at radius 3 is 2.95 bits per heavy atom. The quantitative estimate of drug-likeness (QED) is 0.823. The van der Waals surface area contributed by atoms with Crippen molar-refractivity contribution in [3.05, 3.63) is 35.1 Å². The zero-order valence-corrected chi connectivity index (χ0v) is 11.6. The number of morpholine rings is 1. The summed E-state index contributed by atoms with van der Waals surface area (Å²) in [5.41, 5.74) is 0.660. The van der Waals surface area contributed by atoms with Gasteiger partial charge >= 0.3 is 0 Å². The third-order valence-corrected chi connectivity index (χ3v) is 3.62. The van der Waals surface area contributed by atoms with Crippen LogP contribution in [0.25, 0.3) is 0 Å². The fourth-order valence-corrected chi connectivity index (χ4v) is 2.40. The Morgan fingerprint density at radius 1 is 1.53 bits per heavy atom. The Labute approximate surface area is 113 Å². The van der Waals surface area contributed by atoms with Gasteiger partial charge in [0.2, 0.25) is 0 Å². The lowest BCUT2D eigenvalue weighted by Gasteiger charge is -2.38. The maximum atomic E-state index is 14.1. The van der Waals surface area contributed by atoms with Gasteiger partial charge in [-0.05, 0) is 31.9 Å². The minimum absolute atomic E-state index is 0.000351. The predicted octanol–water partition coefficient (Wildman–Crippen LogP) is 2.77. The van der Waals surface area contributed by atoms with Crippen molar-refractivity contribution in [1.29, 1.82) is 0 Å². The molecule has 0 N–H and O–H groups in total. The zero-order chi connectivity index (χ0) is 14.0. The Bertz CT molecular complexity index is 475. The normalized spacial score (nSPS) is 23.5. The average Bonchev–Trinajstić information content (AvgIpc) is 2.41. The van der Waals surface area contributed by atoms with Gasteiger partial charge in [-0.15, -0.1) is 0 Å². The van der Waals surface area contributed by atoms with Crippen LogP contribution in [0.4, 0.5) is 4.39 Å². The molecule has 19 heavy (non-hydrogen) atoms. The van der Waals surface area contributed by atoms with E-state index in [1.54, 1.807) is 30.0 Å². The summed E-state index contributed by atoms with van der Waals surface area (Å²) in [6.45, 7) is 6.66. The van der Waals surface area contributed by atoms with E-state index in [4.69, 9.17) is 4.74 Å². The third kappa shape index (κ3) is 2.78. The average molecular weight is 265 g/mol. The number of ether oxygens (including phenoxy) is 1. The van der Waals surface area contributed by atoms with E-state index in [2.05, 4.69) is 0 Å². The van der Waals surface area contributed by atoms with Crippen LogP contribution in [0.2, 0.25) is 0 Å². The second-order valence-electron chi connectivity index (χ2n) is 5.10. The number of hydrogen-bond donors (Lipinski definition) is 0. The maximum absolute atomic E-state index is 14.1. The summed E-state index contributed by atoms with van der Waals surface area (Å²) in [7, 11) is 0. The molecule has 1 saturated heterocycles. The van der Waals surface area contributed by atoms with E-state index in [1.807, 2.05) is 13.8 Å². The van der Waals surface area contributed by atoms with Crippen molar-refractivity contribution in [2.45, 2.75) is 39.3 Å². The molecule has 1 heterocycles. The van der Waals surface area contributed by atoms with Crippen molar-refractivity contribution in [2.75, 3.05) is 13.2 Å². The van der Waals surface area contributed by atoms with Crippen LogP contribution in [0.15, 0.2) is 18.2 Å². The van der Waals surface area contributed by atoms with E-state index in [9.17, 15) is 9.18 Å². The molecule has 0 spiro atoms. The summed E-state index contributed by atoms with van der Waals surface area (Å²) in [6, 6.07) is 4.97. The number of aryl methyl sites for hydroxylation is 1. The molecule has 1 amide bonds. The Morgan fingerprint density at radius 2 is 2.26 bits per heavy atom. The van der Waals surface area contributed by atoms with Crippen molar-refractivity contribution < 1.29 is 13.9 Å². The Kier molecular flexibility index (Phi) is 4.20. The molecular formula is C15H20FNO2. The van der Waals surface area contributed by atoms with Crippen molar-refractivity contribution in [3.63, 3.8) is 0 Å². The molecule has 1 aliphatic heterocycles. The molecule has 1 aliphatic rings. The summed E-state index contributed by atoms with van der Waals surface area (Å²) >= 11 is 0. The van der Waals surface area contributed by atoms with E-state index in [-0.39, 0.29) is 23.6 Å². The molecule has 2 unspecified atom stereocenters. The third-order valence-electron chi connectivity index (χ3n) is 3.62. The number of amides is 1. The van der Waals surface area contributed by atoms with Crippen molar-refractivity contribution in [1.82, 2.24) is 4.90 Å². The first-order valence-corrected chi connectivity index (χ1v) is 6.72. The van der Waals surface area contributed by atoms with Gasteiger partial charge in [-0.25, -0.2) is 4.39 Å². The maximum Gasteiger partial charge on any atom is 0.257 e. The number of hydrogen-bond acceptors (Lipinski definition) is 2. The number of benzene rings is 1. The van der Waals surface area contributed by atoms with E-state index in [1.165, 1.54) is 0 Å². The van der Waals surface area contributed by atoms with Gasteiger partial charge in [-0.3, -0.25) is 4.79 Å². The number of halogens is 1. The lowest BCUT2D eigenvalue weighted by atomic mass is 10.1. The lowest BCUT2D eigenvalue weighted by molar-refractivity contribution is -0.0445. The molecule has 0 radical (unpaired) electrons. The van der Waals surface area contributed by atoms with Gasteiger partial charge in [-0.1, -0.05) is 19.1 Å². The second-order valence-corrected chi connectivity index (χ2v) is 5.10. The fraction of sp³-hybridized carbons (Fsp3) is 0.533. The topological polar surface area (TPSA) is 29.5 Å². The van der Waals surface area contributed by atoms with Crippen molar-refractivity contribution in [2.24, 2.45) is 0 Å². The van der Waals surface area contributed by atoms with Gasteiger partial charge in [0.05, 0.1) is 24.3 Å². The summed E-state index contributed by atoms with van der Waals surface area (Å²) in [4.78, 5) is 14.3. The standard InChI is InChI=1S/C15H20FNO2/c1-4-12-9-19-11(3)8-17(12)15(18)13-7-5-6-10(2)14(13)16/h5-7,11-12H,4,8-9H2,1-3H3. The van der Waals surface area contributed by atoms with Crippen LogP contribution < -0.4 is 0 Å². The predicted molar refractivity (Wildman–Crippen MR) is 71.7 cm³/mol. The number of nitrogens with zero attached hydrogens (tertiary/aromatic N) is 1. The molecule has 1 aromatic carbocycles. The molecular weight excluding hydrogens is 245 g/mol. The van der Waals surface area contributed by atoms with E-state index in [0.29, 0.717) is 18.7 Å². The SMILES string of the molecule is CCC1COC(C)CN1C(=O)c1cccc(C)c1F. The van der Waals surface area contributed by atoms with E-state index >= 15 is 0 Å². The lowest BCUT2D eigenvalue weighted by Crippen LogP contribution is -2.51. The highest BCUT2D eigenvalue weighted by Gasteiger charge is 2.31. The van der Waals surface area contributed by atoms with Crippen LogP contribution in [0.1, 0.15) is 36.2 Å². The second kappa shape index (κ2) is 5.70. The van der Waals surface area contributed by atoms with Gasteiger partial charge < -0.3 is 9.64 Å². The van der Waals surface area contributed by atoms with Gasteiger partial charge in [0.1, 0.15) is 5.82 Å². The first-order valence-electron chi connectivity index (χ1n) is 6.72. The molecule has 1 fully saturated rings. The molecule has 4 heteroatoms.